The van der Waals surface area contributed by atoms with Gasteiger partial charge in [0.15, 0.2) is 0 Å². The molecule has 1 heterocycles. The van der Waals surface area contributed by atoms with Crippen molar-refractivity contribution in [3.05, 3.63) is 0 Å². The zero-order valence-corrected chi connectivity index (χ0v) is 9.09. The van der Waals surface area contributed by atoms with E-state index in [1.54, 1.807) is 0 Å². The first-order chi connectivity index (χ1) is 6.89. The normalized spacial score (nSPS) is 23.3. The van der Waals surface area contributed by atoms with Crippen molar-refractivity contribution in [3.8, 4) is 0 Å². The van der Waals surface area contributed by atoms with E-state index in [1.807, 2.05) is 0 Å². The summed E-state index contributed by atoms with van der Waals surface area (Å²) in [6, 6.07) is 0. The largest absolute Gasteiger partial charge is 0.381 e. The van der Waals surface area contributed by atoms with Gasteiger partial charge in [0, 0.05) is 19.4 Å². The summed E-state index contributed by atoms with van der Waals surface area (Å²) in [4.78, 5) is 11.3. The highest BCUT2D eigenvalue weighted by Crippen LogP contribution is 2.10. The van der Waals surface area contributed by atoms with Crippen LogP contribution in [0.15, 0.2) is 0 Å². The molecule has 1 rings (SSSR count). The molecule has 0 aromatic rings. The second-order valence-electron chi connectivity index (χ2n) is 4.13. The van der Waals surface area contributed by atoms with E-state index in [-0.39, 0.29) is 0 Å². The summed E-state index contributed by atoms with van der Waals surface area (Å²) < 4.78 is 5.40. The van der Waals surface area contributed by atoms with Crippen molar-refractivity contribution in [1.82, 2.24) is 0 Å². The minimum absolute atomic E-state index is 0.379. The molecule has 0 bridgehead atoms. The first kappa shape index (κ1) is 11.7. The average molecular weight is 198 g/mol. The van der Waals surface area contributed by atoms with Crippen LogP contribution in [-0.4, -0.2) is 19.0 Å². The minimum Gasteiger partial charge on any atom is -0.381 e. The van der Waals surface area contributed by atoms with Gasteiger partial charge >= 0.3 is 0 Å². The summed E-state index contributed by atoms with van der Waals surface area (Å²) in [5, 5.41) is 0. The molecule has 0 saturated carbocycles. The predicted molar refractivity (Wildman–Crippen MR) is 57.4 cm³/mol. The summed E-state index contributed by atoms with van der Waals surface area (Å²) in [6.45, 7) is 1.48. The number of ketones is 1. The summed E-state index contributed by atoms with van der Waals surface area (Å²) in [7, 11) is 0. The number of Topliss-reactive ketones (excluding diaryl/α,β-unsaturated/α-hetero) is 1. The van der Waals surface area contributed by atoms with Crippen molar-refractivity contribution in [2.45, 2.75) is 57.8 Å². The molecular weight excluding hydrogens is 176 g/mol. The lowest BCUT2D eigenvalue weighted by atomic mass is 10.1. The SMILES string of the molecule is O=C1CCCCCCCCCOCC1. The van der Waals surface area contributed by atoms with Crippen LogP contribution >= 0.6 is 0 Å². The quantitative estimate of drug-likeness (QED) is 0.598. The van der Waals surface area contributed by atoms with E-state index >= 15 is 0 Å². The van der Waals surface area contributed by atoms with Crippen molar-refractivity contribution in [2.75, 3.05) is 13.2 Å². The Balaban J connectivity index is 2.15. The Bertz CT molecular complexity index is 138. The molecule has 0 spiro atoms. The standard InChI is InChI=1S/C12H22O2/c13-12-8-6-4-2-1-3-5-7-10-14-11-9-12/h1-11H2. The fourth-order valence-electron chi connectivity index (χ4n) is 1.82. The van der Waals surface area contributed by atoms with E-state index in [1.165, 1.54) is 32.1 Å². The van der Waals surface area contributed by atoms with E-state index in [4.69, 9.17) is 4.74 Å². The molecule has 0 N–H and O–H groups in total. The Kier molecular flexibility index (Phi) is 6.67. The number of rotatable bonds is 0. The van der Waals surface area contributed by atoms with Gasteiger partial charge in [0.2, 0.25) is 0 Å². The van der Waals surface area contributed by atoms with Crippen LogP contribution in [0.5, 0.6) is 0 Å². The maximum atomic E-state index is 11.3. The average Bonchev–Trinajstić information content (AvgIpc) is 2.20. The van der Waals surface area contributed by atoms with Gasteiger partial charge in [-0.2, -0.15) is 0 Å². The number of ether oxygens (including phenoxy) is 1. The highest BCUT2D eigenvalue weighted by atomic mass is 16.5. The molecule has 82 valence electrons. The van der Waals surface area contributed by atoms with Crippen LogP contribution in [0.1, 0.15) is 57.8 Å². The van der Waals surface area contributed by atoms with Gasteiger partial charge in [-0.15, -0.1) is 0 Å². The molecule has 2 heteroatoms. The third-order valence-electron chi connectivity index (χ3n) is 2.77. The predicted octanol–water partition coefficient (Wildman–Crippen LogP) is 3.10. The lowest BCUT2D eigenvalue weighted by Crippen LogP contribution is -2.04. The molecule has 14 heavy (non-hydrogen) atoms. The Morgan fingerprint density at radius 2 is 1.36 bits per heavy atom. The lowest BCUT2D eigenvalue weighted by Gasteiger charge is -2.02. The Labute approximate surface area is 87.0 Å². The second kappa shape index (κ2) is 7.98. The second-order valence-corrected chi connectivity index (χ2v) is 4.13. The highest BCUT2D eigenvalue weighted by molar-refractivity contribution is 5.78. The molecule has 1 aliphatic heterocycles. The number of hydrogen-bond donors (Lipinski definition) is 0. The van der Waals surface area contributed by atoms with Crippen LogP contribution < -0.4 is 0 Å². The smallest absolute Gasteiger partial charge is 0.135 e. The van der Waals surface area contributed by atoms with Crippen LogP contribution in [0.2, 0.25) is 0 Å². The molecule has 1 aliphatic rings. The van der Waals surface area contributed by atoms with E-state index in [2.05, 4.69) is 0 Å². The van der Waals surface area contributed by atoms with Crippen LogP contribution in [0.3, 0.4) is 0 Å². The van der Waals surface area contributed by atoms with Crippen molar-refractivity contribution in [2.24, 2.45) is 0 Å². The molecule has 2 nitrogen and oxygen atoms in total. The van der Waals surface area contributed by atoms with Gasteiger partial charge in [0.1, 0.15) is 5.78 Å². The van der Waals surface area contributed by atoms with Gasteiger partial charge in [-0.3, -0.25) is 4.79 Å². The molecule has 0 atom stereocenters. The molecular formula is C12H22O2. The fourth-order valence-corrected chi connectivity index (χ4v) is 1.82. The molecule has 0 radical (unpaired) electrons. The first-order valence-corrected chi connectivity index (χ1v) is 5.99. The topological polar surface area (TPSA) is 26.3 Å². The maximum absolute atomic E-state index is 11.3. The molecule has 0 amide bonds. The highest BCUT2D eigenvalue weighted by Gasteiger charge is 2.02. The van der Waals surface area contributed by atoms with E-state index in [0.717, 1.165) is 25.9 Å². The molecule has 0 aromatic heterocycles. The van der Waals surface area contributed by atoms with E-state index in [9.17, 15) is 4.79 Å². The summed E-state index contributed by atoms with van der Waals surface area (Å²) in [5.41, 5.74) is 0. The van der Waals surface area contributed by atoms with Gasteiger partial charge < -0.3 is 4.74 Å². The van der Waals surface area contributed by atoms with Crippen LogP contribution in [0, 0.1) is 0 Å². The summed E-state index contributed by atoms with van der Waals surface area (Å²) in [6.07, 6.45) is 10.1. The van der Waals surface area contributed by atoms with E-state index < -0.39 is 0 Å². The van der Waals surface area contributed by atoms with Crippen molar-refractivity contribution in [1.29, 1.82) is 0 Å². The van der Waals surface area contributed by atoms with Crippen LogP contribution in [0.4, 0.5) is 0 Å². The summed E-state index contributed by atoms with van der Waals surface area (Å²) >= 11 is 0. The van der Waals surface area contributed by atoms with E-state index in [0.29, 0.717) is 18.8 Å². The maximum Gasteiger partial charge on any atom is 0.135 e. The third kappa shape index (κ3) is 6.14. The zero-order chi connectivity index (χ0) is 10.1. The summed E-state index contributed by atoms with van der Waals surface area (Å²) in [5.74, 6) is 0.379. The third-order valence-corrected chi connectivity index (χ3v) is 2.77. The van der Waals surface area contributed by atoms with Crippen LogP contribution in [-0.2, 0) is 9.53 Å². The zero-order valence-electron chi connectivity index (χ0n) is 9.09. The molecule has 1 fully saturated rings. The van der Waals surface area contributed by atoms with Gasteiger partial charge in [-0.05, 0) is 12.8 Å². The molecule has 0 unspecified atom stereocenters. The molecule has 0 aliphatic carbocycles. The van der Waals surface area contributed by atoms with Crippen molar-refractivity contribution < 1.29 is 9.53 Å². The Morgan fingerprint density at radius 3 is 2.14 bits per heavy atom. The van der Waals surface area contributed by atoms with Gasteiger partial charge in [-0.25, -0.2) is 0 Å². The first-order valence-electron chi connectivity index (χ1n) is 5.99. The van der Waals surface area contributed by atoms with Crippen LogP contribution in [0.25, 0.3) is 0 Å². The van der Waals surface area contributed by atoms with Crippen molar-refractivity contribution >= 4 is 5.78 Å². The van der Waals surface area contributed by atoms with Crippen molar-refractivity contribution in [3.63, 3.8) is 0 Å². The fraction of sp³-hybridized carbons (Fsp3) is 0.917. The van der Waals surface area contributed by atoms with Gasteiger partial charge in [0.05, 0.1) is 6.61 Å². The number of carbonyl (C=O) groups excluding carboxylic acids is 1. The lowest BCUT2D eigenvalue weighted by molar-refractivity contribution is -0.120. The number of carbonyl (C=O) groups is 1. The Hall–Kier alpha value is -0.370. The number of hydrogen-bond acceptors (Lipinski definition) is 2. The molecule has 1 saturated heterocycles. The minimum atomic E-state index is 0.379. The van der Waals surface area contributed by atoms with Gasteiger partial charge in [0.25, 0.3) is 0 Å². The van der Waals surface area contributed by atoms with Gasteiger partial charge in [-0.1, -0.05) is 32.1 Å². The Morgan fingerprint density at radius 1 is 0.714 bits per heavy atom. The monoisotopic (exact) mass is 198 g/mol. The molecule has 0 aromatic carbocycles.